The van der Waals surface area contributed by atoms with E-state index in [4.69, 9.17) is 14.2 Å². The number of amides is 1. The zero-order valence-electron chi connectivity index (χ0n) is 20.0. The van der Waals surface area contributed by atoms with E-state index < -0.39 is 18.2 Å². The fourth-order valence-corrected chi connectivity index (χ4v) is 4.15. The van der Waals surface area contributed by atoms with Gasteiger partial charge in [0.1, 0.15) is 18.1 Å². The zero-order chi connectivity index (χ0) is 24.6. The van der Waals surface area contributed by atoms with E-state index in [1.165, 1.54) is 0 Å². The first-order valence-corrected chi connectivity index (χ1v) is 12.8. The molecule has 1 N–H and O–H groups in total. The van der Waals surface area contributed by atoms with E-state index in [9.17, 15) is 14.7 Å². The molecule has 0 aliphatic heterocycles. The van der Waals surface area contributed by atoms with Crippen molar-refractivity contribution in [2.24, 2.45) is 0 Å². The topological polar surface area (TPSA) is 85.3 Å². The average molecular weight is 490 g/mol. The highest BCUT2D eigenvalue weighted by molar-refractivity contribution is 7.99. The highest BCUT2D eigenvalue weighted by Gasteiger charge is 2.18. The SMILES string of the molecule is CCCCSCCN(CCOc1ccc(CC(OCC)C(=O)O)cc1)C(=O)Oc1ccccc1. The molecular weight excluding hydrogens is 454 g/mol. The van der Waals surface area contributed by atoms with E-state index in [-0.39, 0.29) is 6.42 Å². The number of carbonyl (C=O) groups is 2. The van der Waals surface area contributed by atoms with Gasteiger partial charge >= 0.3 is 12.1 Å². The molecule has 0 heterocycles. The van der Waals surface area contributed by atoms with E-state index >= 15 is 0 Å². The summed E-state index contributed by atoms with van der Waals surface area (Å²) in [5.74, 6) is 2.11. The molecular formula is C26H35NO6S. The first-order valence-electron chi connectivity index (χ1n) is 11.7. The molecule has 2 aromatic rings. The highest BCUT2D eigenvalue weighted by Crippen LogP contribution is 2.16. The van der Waals surface area contributed by atoms with Crippen LogP contribution in [0.5, 0.6) is 11.5 Å². The van der Waals surface area contributed by atoms with Crippen LogP contribution < -0.4 is 9.47 Å². The van der Waals surface area contributed by atoms with Crippen molar-refractivity contribution >= 4 is 23.8 Å². The maximum Gasteiger partial charge on any atom is 0.415 e. The number of para-hydroxylation sites is 1. The monoisotopic (exact) mass is 489 g/mol. The maximum absolute atomic E-state index is 12.7. The van der Waals surface area contributed by atoms with Crippen LogP contribution in [0.2, 0.25) is 0 Å². The Kier molecular flexibility index (Phi) is 13.0. The highest BCUT2D eigenvalue weighted by atomic mass is 32.2. The molecule has 34 heavy (non-hydrogen) atoms. The van der Waals surface area contributed by atoms with Crippen LogP contribution in [0.15, 0.2) is 54.6 Å². The molecule has 0 spiro atoms. The second-order valence-corrected chi connectivity index (χ2v) is 8.84. The molecule has 0 radical (unpaired) electrons. The predicted molar refractivity (Wildman–Crippen MR) is 135 cm³/mol. The summed E-state index contributed by atoms with van der Waals surface area (Å²) in [5, 5.41) is 9.24. The number of ether oxygens (including phenoxy) is 3. The second-order valence-electron chi connectivity index (χ2n) is 7.61. The van der Waals surface area contributed by atoms with Crippen LogP contribution in [0.4, 0.5) is 4.79 Å². The van der Waals surface area contributed by atoms with Crippen molar-refractivity contribution in [3.8, 4) is 11.5 Å². The van der Waals surface area contributed by atoms with Crippen molar-refractivity contribution in [3.05, 3.63) is 60.2 Å². The molecule has 1 atom stereocenters. The predicted octanol–water partition coefficient (Wildman–Crippen LogP) is 5.13. The van der Waals surface area contributed by atoms with Gasteiger partial charge in [0.2, 0.25) is 0 Å². The number of benzene rings is 2. The van der Waals surface area contributed by atoms with E-state index in [2.05, 4.69) is 6.92 Å². The van der Waals surface area contributed by atoms with Gasteiger partial charge in [0, 0.05) is 25.3 Å². The lowest BCUT2D eigenvalue weighted by Gasteiger charge is -2.22. The molecule has 2 rings (SSSR count). The van der Waals surface area contributed by atoms with Gasteiger partial charge in [-0.1, -0.05) is 43.7 Å². The van der Waals surface area contributed by atoms with E-state index in [1.807, 2.05) is 42.1 Å². The quantitative estimate of drug-likeness (QED) is 0.327. The summed E-state index contributed by atoms with van der Waals surface area (Å²) in [4.78, 5) is 25.6. The minimum absolute atomic E-state index is 0.290. The number of carboxylic acid groups (broad SMARTS) is 1. The summed E-state index contributed by atoms with van der Waals surface area (Å²) in [6, 6.07) is 16.3. The summed E-state index contributed by atoms with van der Waals surface area (Å²) >= 11 is 1.83. The lowest BCUT2D eigenvalue weighted by atomic mass is 10.1. The number of nitrogens with zero attached hydrogens (tertiary/aromatic N) is 1. The van der Waals surface area contributed by atoms with Crippen LogP contribution >= 0.6 is 11.8 Å². The molecule has 8 heteroatoms. The summed E-state index contributed by atoms with van der Waals surface area (Å²) in [5.41, 5.74) is 0.852. The Hall–Kier alpha value is -2.71. The van der Waals surface area contributed by atoms with Crippen molar-refractivity contribution in [3.63, 3.8) is 0 Å². The molecule has 0 bridgehead atoms. The van der Waals surface area contributed by atoms with Gasteiger partial charge in [-0.25, -0.2) is 9.59 Å². The molecule has 0 aliphatic rings. The van der Waals surface area contributed by atoms with Gasteiger partial charge in [-0.15, -0.1) is 0 Å². The van der Waals surface area contributed by atoms with Gasteiger partial charge in [-0.2, -0.15) is 11.8 Å². The zero-order valence-corrected chi connectivity index (χ0v) is 20.8. The van der Waals surface area contributed by atoms with Crippen LogP contribution in [0.1, 0.15) is 32.3 Å². The standard InChI is InChI=1S/C26H35NO6S/c1-3-5-18-34-19-16-27(26(30)33-23-9-7-6-8-10-23)15-17-32-22-13-11-21(12-14-22)20-24(25(28)29)31-4-2/h6-14,24H,3-5,15-20H2,1-2H3,(H,28,29). The molecule has 0 saturated carbocycles. The largest absolute Gasteiger partial charge is 0.492 e. The Labute approximate surface area is 206 Å². The second kappa shape index (κ2) is 16.0. The van der Waals surface area contributed by atoms with Crippen LogP contribution in [-0.4, -0.2) is 66.0 Å². The molecule has 0 aliphatic carbocycles. The third-order valence-electron chi connectivity index (χ3n) is 4.97. The number of thioether (sulfide) groups is 1. The molecule has 1 amide bonds. The van der Waals surface area contributed by atoms with Gasteiger partial charge in [0.25, 0.3) is 0 Å². The van der Waals surface area contributed by atoms with Gasteiger partial charge < -0.3 is 24.2 Å². The lowest BCUT2D eigenvalue weighted by Crippen LogP contribution is -2.38. The fourth-order valence-electron chi connectivity index (χ4n) is 3.10. The lowest BCUT2D eigenvalue weighted by molar-refractivity contribution is -0.149. The van der Waals surface area contributed by atoms with Crippen LogP contribution in [0.25, 0.3) is 0 Å². The Balaban J connectivity index is 1.87. The number of aliphatic carboxylic acids is 1. The Morgan fingerprint density at radius 3 is 2.35 bits per heavy atom. The number of carbonyl (C=O) groups excluding carboxylic acids is 1. The van der Waals surface area contributed by atoms with E-state index in [0.717, 1.165) is 29.9 Å². The number of unbranched alkanes of at least 4 members (excludes halogenated alkanes) is 1. The third-order valence-corrected chi connectivity index (χ3v) is 6.02. The van der Waals surface area contributed by atoms with Gasteiger partial charge in [-0.05, 0) is 48.9 Å². The third kappa shape index (κ3) is 10.5. The molecule has 1 unspecified atom stereocenters. The molecule has 7 nitrogen and oxygen atoms in total. The maximum atomic E-state index is 12.7. The number of rotatable bonds is 16. The molecule has 0 fully saturated rings. The van der Waals surface area contributed by atoms with Crippen LogP contribution in [-0.2, 0) is 16.0 Å². The first kappa shape index (κ1) is 27.5. The number of hydrogen-bond acceptors (Lipinski definition) is 6. The number of hydrogen-bond donors (Lipinski definition) is 1. The molecule has 2 aromatic carbocycles. The van der Waals surface area contributed by atoms with Crippen LogP contribution in [0, 0.1) is 0 Å². The normalized spacial score (nSPS) is 11.6. The van der Waals surface area contributed by atoms with Crippen LogP contribution in [0.3, 0.4) is 0 Å². The van der Waals surface area contributed by atoms with Crippen molar-refractivity contribution in [1.29, 1.82) is 0 Å². The summed E-state index contributed by atoms with van der Waals surface area (Å²) in [6.45, 7) is 5.58. The Bertz CT molecular complexity index is 846. The summed E-state index contributed by atoms with van der Waals surface area (Å²) < 4.78 is 16.6. The van der Waals surface area contributed by atoms with Crippen molar-refractivity contribution in [2.75, 3.05) is 37.8 Å². The van der Waals surface area contributed by atoms with E-state index in [0.29, 0.717) is 37.8 Å². The fraction of sp³-hybridized carbons (Fsp3) is 0.462. The molecule has 0 aromatic heterocycles. The average Bonchev–Trinajstić information content (AvgIpc) is 2.84. The summed E-state index contributed by atoms with van der Waals surface area (Å²) in [7, 11) is 0. The van der Waals surface area contributed by atoms with Crippen molar-refractivity contribution in [2.45, 2.75) is 39.2 Å². The first-order chi connectivity index (χ1) is 16.5. The smallest absolute Gasteiger partial charge is 0.415 e. The van der Waals surface area contributed by atoms with Crippen molar-refractivity contribution < 1.29 is 28.9 Å². The number of carboxylic acids is 1. The minimum Gasteiger partial charge on any atom is -0.492 e. The molecule has 186 valence electrons. The van der Waals surface area contributed by atoms with Gasteiger partial charge in [0.05, 0.1) is 6.54 Å². The Morgan fingerprint density at radius 2 is 1.71 bits per heavy atom. The van der Waals surface area contributed by atoms with Crippen molar-refractivity contribution in [1.82, 2.24) is 4.90 Å². The summed E-state index contributed by atoms with van der Waals surface area (Å²) in [6.07, 6.45) is 1.35. The Morgan fingerprint density at radius 1 is 0.971 bits per heavy atom. The van der Waals surface area contributed by atoms with Gasteiger partial charge in [-0.3, -0.25) is 0 Å². The van der Waals surface area contributed by atoms with Gasteiger partial charge in [0.15, 0.2) is 6.10 Å². The van der Waals surface area contributed by atoms with E-state index in [1.54, 1.807) is 36.1 Å². The minimum atomic E-state index is -0.975. The molecule has 0 saturated heterocycles.